The molecule has 13 heavy (non-hydrogen) atoms. The minimum Gasteiger partial charge on any atom is -0.378 e. The van der Waals surface area contributed by atoms with E-state index in [0.717, 1.165) is 0 Å². The summed E-state index contributed by atoms with van der Waals surface area (Å²) in [6.45, 7) is 11.9. The standard InChI is InChI=1S/C9H22NO2P/c1-7(2)10(8(3)11)13-12-9(4,5)6/h7-8,11,13H,1-6H3. The first-order valence-electron chi connectivity index (χ1n) is 4.64. The van der Waals surface area contributed by atoms with Gasteiger partial charge in [0.05, 0.1) is 14.6 Å². The summed E-state index contributed by atoms with van der Waals surface area (Å²) < 4.78 is 7.53. The van der Waals surface area contributed by atoms with Crippen molar-refractivity contribution in [3.05, 3.63) is 0 Å². The second-order valence-corrected chi connectivity index (χ2v) is 5.34. The lowest BCUT2D eigenvalue weighted by molar-refractivity contribution is 0.0486. The summed E-state index contributed by atoms with van der Waals surface area (Å²) in [5, 5.41) is 9.43. The van der Waals surface area contributed by atoms with Gasteiger partial charge in [-0.2, -0.15) is 0 Å². The van der Waals surface area contributed by atoms with Crippen molar-refractivity contribution in [2.45, 2.75) is 59.4 Å². The van der Waals surface area contributed by atoms with Gasteiger partial charge in [-0.1, -0.05) is 0 Å². The topological polar surface area (TPSA) is 32.7 Å². The van der Waals surface area contributed by atoms with Gasteiger partial charge in [0, 0.05) is 6.04 Å². The number of aliphatic hydroxyl groups excluding tert-OH is 1. The average molecular weight is 207 g/mol. The highest BCUT2D eigenvalue weighted by molar-refractivity contribution is 7.29. The number of nitrogens with zero attached hydrogens (tertiary/aromatic N) is 1. The van der Waals surface area contributed by atoms with E-state index in [1.54, 1.807) is 6.92 Å². The first-order chi connectivity index (χ1) is 5.74. The highest BCUT2D eigenvalue weighted by Gasteiger charge is 2.18. The summed E-state index contributed by atoms with van der Waals surface area (Å²) in [5.41, 5.74) is -0.138. The third-order valence-electron chi connectivity index (χ3n) is 1.42. The molecule has 2 atom stereocenters. The molecule has 3 nitrogen and oxygen atoms in total. The molecule has 0 heterocycles. The molecule has 0 rings (SSSR count). The molecule has 4 heteroatoms. The van der Waals surface area contributed by atoms with E-state index in [-0.39, 0.29) is 14.6 Å². The maximum atomic E-state index is 9.43. The zero-order chi connectivity index (χ0) is 10.6. The van der Waals surface area contributed by atoms with Crippen LogP contribution >= 0.6 is 8.96 Å². The normalized spacial score (nSPS) is 16.4. The van der Waals surface area contributed by atoms with Crippen LogP contribution in [-0.4, -0.2) is 27.6 Å². The van der Waals surface area contributed by atoms with Gasteiger partial charge < -0.3 is 9.63 Å². The molecule has 0 bridgehead atoms. The molecule has 0 aliphatic rings. The van der Waals surface area contributed by atoms with Gasteiger partial charge in [0.2, 0.25) is 0 Å². The number of hydrogen-bond acceptors (Lipinski definition) is 3. The van der Waals surface area contributed by atoms with Gasteiger partial charge >= 0.3 is 0 Å². The third-order valence-corrected chi connectivity index (χ3v) is 3.22. The van der Waals surface area contributed by atoms with Crippen molar-refractivity contribution in [1.29, 1.82) is 0 Å². The van der Waals surface area contributed by atoms with Crippen LogP contribution in [0.25, 0.3) is 0 Å². The lowest BCUT2D eigenvalue weighted by Gasteiger charge is -2.31. The van der Waals surface area contributed by atoms with Gasteiger partial charge in [-0.3, -0.25) is 0 Å². The Morgan fingerprint density at radius 3 is 1.92 bits per heavy atom. The van der Waals surface area contributed by atoms with Crippen molar-refractivity contribution in [1.82, 2.24) is 4.67 Å². The Kier molecular flexibility index (Phi) is 5.38. The van der Waals surface area contributed by atoms with Crippen LogP contribution in [0.4, 0.5) is 0 Å². The van der Waals surface area contributed by atoms with Crippen molar-refractivity contribution in [3.8, 4) is 0 Å². The molecule has 0 spiro atoms. The summed E-state index contributed by atoms with van der Waals surface area (Å²) in [6, 6.07) is 0.306. The molecule has 0 fully saturated rings. The molecule has 2 unspecified atom stereocenters. The Balaban J connectivity index is 3.98. The summed E-state index contributed by atoms with van der Waals surface area (Å²) in [5.74, 6) is 0. The molecule has 0 aliphatic heterocycles. The molecule has 0 aromatic rings. The van der Waals surface area contributed by atoms with Crippen LogP contribution in [0.2, 0.25) is 0 Å². The Morgan fingerprint density at radius 1 is 1.23 bits per heavy atom. The summed E-state index contributed by atoms with van der Waals surface area (Å²) >= 11 is 0. The van der Waals surface area contributed by atoms with Crippen molar-refractivity contribution < 1.29 is 9.63 Å². The van der Waals surface area contributed by atoms with E-state index in [0.29, 0.717) is 6.04 Å². The number of rotatable bonds is 4. The molecule has 0 amide bonds. The minimum atomic E-state index is -0.444. The fourth-order valence-corrected chi connectivity index (χ4v) is 1.55. The molecule has 0 saturated heterocycles. The predicted molar refractivity (Wildman–Crippen MR) is 57.8 cm³/mol. The molecule has 0 aromatic heterocycles. The molecule has 0 radical (unpaired) electrons. The second-order valence-electron chi connectivity index (χ2n) is 4.44. The van der Waals surface area contributed by atoms with Crippen molar-refractivity contribution in [2.24, 2.45) is 0 Å². The molecule has 0 aromatic carbocycles. The van der Waals surface area contributed by atoms with E-state index in [2.05, 4.69) is 0 Å². The number of hydrogen-bond donors (Lipinski definition) is 1. The van der Waals surface area contributed by atoms with Crippen LogP contribution in [0.15, 0.2) is 0 Å². The highest BCUT2D eigenvalue weighted by atomic mass is 31.1. The zero-order valence-corrected chi connectivity index (χ0v) is 10.5. The third kappa shape index (κ3) is 6.39. The van der Waals surface area contributed by atoms with Crippen LogP contribution in [0.5, 0.6) is 0 Å². The van der Waals surface area contributed by atoms with E-state index < -0.39 is 6.23 Å². The zero-order valence-electron chi connectivity index (χ0n) is 9.46. The Bertz CT molecular complexity index is 135. The molecule has 0 aliphatic carbocycles. The molecule has 80 valence electrons. The van der Waals surface area contributed by atoms with Crippen molar-refractivity contribution >= 4 is 8.96 Å². The highest BCUT2D eigenvalue weighted by Crippen LogP contribution is 2.30. The molecule has 0 saturated carbocycles. The maximum Gasteiger partial charge on any atom is 0.109 e. The average Bonchev–Trinajstić information content (AvgIpc) is 1.82. The molecular weight excluding hydrogens is 185 g/mol. The van der Waals surface area contributed by atoms with Gasteiger partial charge in [-0.15, -0.1) is 0 Å². The smallest absolute Gasteiger partial charge is 0.109 e. The Labute approximate surface area is 83.4 Å². The summed E-state index contributed by atoms with van der Waals surface area (Å²) in [6.07, 6.45) is -0.444. The largest absolute Gasteiger partial charge is 0.378 e. The van der Waals surface area contributed by atoms with Crippen molar-refractivity contribution in [3.63, 3.8) is 0 Å². The maximum absolute atomic E-state index is 9.43. The van der Waals surface area contributed by atoms with Crippen molar-refractivity contribution in [2.75, 3.05) is 0 Å². The second kappa shape index (κ2) is 5.26. The monoisotopic (exact) mass is 207 g/mol. The summed E-state index contributed by atoms with van der Waals surface area (Å²) in [4.78, 5) is 0. The van der Waals surface area contributed by atoms with E-state index in [1.165, 1.54) is 0 Å². The van der Waals surface area contributed by atoms with Crippen LogP contribution in [-0.2, 0) is 4.52 Å². The van der Waals surface area contributed by atoms with Gasteiger partial charge in [0.1, 0.15) is 6.23 Å². The van der Waals surface area contributed by atoms with E-state index in [9.17, 15) is 5.11 Å². The first-order valence-corrected chi connectivity index (χ1v) is 5.49. The fraction of sp³-hybridized carbons (Fsp3) is 1.00. The van der Waals surface area contributed by atoms with E-state index >= 15 is 0 Å². The first kappa shape index (κ1) is 13.3. The quantitative estimate of drug-likeness (QED) is 0.567. The van der Waals surface area contributed by atoms with Crippen LogP contribution < -0.4 is 0 Å². The Morgan fingerprint density at radius 2 is 1.69 bits per heavy atom. The van der Waals surface area contributed by atoms with E-state index in [4.69, 9.17) is 4.52 Å². The van der Waals surface area contributed by atoms with Crippen LogP contribution in [0, 0.1) is 0 Å². The lowest BCUT2D eigenvalue weighted by atomic mass is 10.2. The predicted octanol–water partition coefficient (Wildman–Crippen LogP) is 2.36. The Hall–Kier alpha value is 0.310. The fourth-order valence-electron chi connectivity index (χ4n) is 0.803. The SMILES string of the molecule is CC(C)N(POC(C)(C)C)C(C)O. The van der Waals surface area contributed by atoms with Gasteiger partial charge in [-0.05, 0) is 41.5 Å². The van der Waals surface area contributed by atoms with Gasteiger partial charge in [0.15, 0.2) is 0 Å². The molecular formula is C9H22NO2P. The lowest BCUT2D eigenvalue weighted by Crippen LogP contribution is -2.33. The van der Waals surface area contributed by atoms with Crippen LogP contribution in [0.1, 0.15) is 41.5 Å². The van der Waals surface area contributed by atoms with E-state index in [1.807, 2.05) is 39.3 Å². The number of aliphatic hydroxyl groups is 1. The molecule has 1 N–H and O–H groups in total. The van der Waals surface area contributed by atoms with Gasteiger partial charge in [0.25, 0.3) is 0 Å². The summed E-state index contributed by atoms with van der Waals surface area (Å²) in [7, 11) is 0.219. The van der Waals surface area contributed by atoms with Gasteiger partial charge in [-0.25, -0.2) is 4.67 Å². The van der Waals surface area contributed by atoms with Crippen LogP contribution in [0.3, 0.4) is 0 Å². The minimum absolute atomic E-state index is 0.138.